The number of rotatable bonds is 4. The summed E-state index contributed by atoms with van der Waals surface area (Å²) >= 11 is 0. The SMILES string of the molecule is Cc1ccc(C(=O)N2CCN(CCc3ccncc3)CC2)cc1.Cl. The molecule has 0 N–H and O–H groups in total. The highest BCUT2D eigenvalue weighted by atomic mass is 35.5. The van der Waals surface area contributed by atoms with Crippen LogP contribution in [-0.2, 0) is 6.42 Å². The molecule has 2 heterocycles. The Labute approximate surface area is 149 Å². The fourth-order valence-corrected chi connectivity index (χ4v) is 2.89. The highest BCUT2D eigenvalue weighted by molar-refractivity contribution is 5.94. The molecule has 24 heavy (non-hydrogen) atoms. The molecule has 0 radical (unpaired) electrons. The van der Waals surface area contributed by atoms with Gasteiger partial charge in [-0.2, -0.15) is 0 Å². The van der Waals surface area contributed by atoms with Crippen LogP contribution in [0.15, 0.2) is 48.8 Å². The second-order valence-electron chi connectivity index (χ2n) is 6.11. The van der Waals surface area contributed by atoms with Gasteiger partial charge in [0.2, 0.25) is 0 Å². The molecule has 1 aromatic heterocycles. The first-order valence-corrected chi connectivity index (χ1v) is 8.19. The smallest absolute Gasteiger partial charge is 0.253 e. The molecule has 0 saturated carbocycles. The van der Waals surface area contributed by atoms with Gasteiger partial charge >= 0.3 is 0 Å². The highest BCUT2D eigenvalue weighted by Crippen LogP contribution is 2.11. The number of carbonyl (C=O) groups is 1. The van der Waals surface area contributed by atoms with E-state index in [4.69, 9.17) is 0 Å². The van der Waals surface area contributed by atoms with Crippen molar-refractivity contribution < 1.29 is 4.79 Å². The van der Waals surface area contributed by atoms with Crippen LogP contribution in [0.5, 0.6) is 0 Å². The van der Waals surface area contributed by atoms with Crippen LogP contribution in [0, 0.1) is 6.92 Å². The van der Waals surface area contributed by atoms with E-state index in [9.17, 15) is 4.79 Å². The molecule has 4 nitrogen and oxygen atoms in total. The van der Waals surface area contributed by atoms with Crippen molar-refractivity contribution >= 4 is 18.3 Å². The van der Waals surface area contributed by atoms with Crippen LogP contribution < -0.4 is 0 Å². The lowest BCUT2D eigenvalue weighted by Gasteiger charge is -2.34. The van der Waals surface area contributed by atoms with Gasteiger partial charge in [-0.05, 0) is 43.2 Å². The van der Waals surface area contributed by atoms with Crippen molar-refractivity contribution in [2.45, 2.75) is 13.3 Å². The van der Waals surface area contributed by atoms with Gasteiger partial charge in [0.1, 0.15) is 0 Å². The third-order valence-electron chi connectivity index (χ3n) is 4.42. The number of piperazine rings is 1. The topological polar surface area (TPSA) is 36.4 Å². The first-order valence-electron chi connectivity index (χ1n) is 8.19. The highest BCUT2D eigenvalue weighted by Gasteiger charge is 2.21. The Balaban J connectivity index is 0.00000208. The third-order valence-corrected chi connectivity index (χ3v) is 4.42. The number of benzene rings is 1. The molecule has 5 heteroatoms. The molecule has 0 unspecified atom stereocenters. The lowest BCUT2D eigenvalue weighted by molar-refractivity contribution is 0.0638. The molecular weight excluding hydrogens is 322 g/mol. The van der Waals surface area contributed by atoms with E-state index >= 15 is 0 Å². The standard InChI is InChI=1S/C19H23N3O.ClH/c1-16-2-4-18(5-3-16)19(23)22-14-12-21(13-15-22)11-8-17-6-9-20-10-7-17;/h2-7,9-10H,8,11-15H2,1H3;1H. The number of halogens is 1. The molecule has 0 atom stereocenters. The van der Waals surface area contributed by atoms with Crippen molar-refractivity contribution in [3.63, 3.8) is 0 Å². The number of carbonyl (C=O) groups excluding carboxylic acids is 1. The quantitative estimate of drug-likeness (QED) is 0.855. The van der Waals surface area contributed by atoms with Crippen molar-refractivity contribution in [1.82, 2.24) is 14.8 Å². The molecule has 1 amide bonds. The van der Waals surface area contributed by atoms with Gasteiger partial charge in [-0.25, -0.2) is 0 Å². The van der Waals surface area contributed by atoms with E-state index in [-0.39, 0.29) is 18.3 Å². The maximum absolute atomic E-state index is 12.5. The summed E-state index contributed by atoms with van der Waals surface area (Å²) in [7, 11) is 0. The van der Waals surface area contributed by atoms with Gasteiger partial charge in [0.05, 0.1) is 0 Å². The van der Waals surface area contributed by atoms with Gasteiger partial charge in [-0.3, -0.25) is 14.7 Å². The number of aromatic nitrogens is 1. The Morgan fingerprint density at radius 3 is 2.25 bits per heavy atom. The van der Waals surface area contributed by atoms with E-state index in [0.29, 0.717) is 0 Å². The van der Waals surface area contributed by atoms with E-state index in [2.05, 4.69) is 22.0 Å². The van der Waals surface area contributed by atoms with Crippen LogP contribution in [0.1, 0.15) is 21.5 Å². The number of hydrogen-bond acceptors (Lipinski definition) is 3. The van der Waals surface area contributed by atoms with E-state index in [1.807, 2.05) is 48.5 Å². The molecule has 1 saturated heterocycles. The van der Waals surface area contributed by atoms with Gasteiger partial charge in [0.15, 0.2) is 0 Å². The molecule has 0 spiro atoms. The van der Waals surface area contributed by atoms with Crippen molar-refractivity contribution in [3.8, 4) is 0 Å². The molecule has 0 aliphatic carbocycles. The van der Waals surface area contributed by atoms with Crippen LogP contribution in [0.25, 0.3) is 0 Å². The summed E-state index contributed by atoms with van der Waals surface area (Å²) in [6, 6.07) is 12.0. The van der Waals surface area contributed by atoms with Crippen molar-refractivity contribution in [3.05, 3.63) is 65.5 Å². The zero-order valence-electron chi connectivity index (χ0n) is 14.0. The average molecular weight is 346 g/mol. The molecule has 2 aromatic rings. The third kappa shape index (κ3) is 4.79. The van der Waals surface area contributed by atoms with Crippen LogP contribution in [-0.4, -0.2) is 53.4 Å². The minimum atomic E-state index is 0. The molecule has 128 valence electrons. The maximum atomic E-state index is 12.5. The Kier molecular flexibility index (Phi) is 6.76. The van der Waals surface area contributed by atoms with Crippen LogP contribution in [0.4, 0.5) is 0 Å². The summed E-state index contributed by atoms with van der Waals surface area (Å²) in [4.78, 5) is 20.9. The molecule has 0 bridgehead atoms. The Morgan fingerprint density at radius 2 is 1.62 bits per heavy atom. The van der Waals surface area contributed by atoms with Crippen LogP contribution in [0.3, 0.4) is 0 Å². The van der Waals surface area contributed by atoms with Crippen molar-refractivity contribution in [2.24, 2.45) is 0 Å². The zero-order chi connectivity index (χ0) is 16.1. The molecule has 1 fully saturated rings. The molecule has 1 aliphatic heterocycles. The summed E-state index contributed by atoms with van der Waals surface area (Å²) < 4.78 is 0. The maximum Gasteiger partial charge on any atom is 0.253 e. The van der Waals surface area contributed by atoms with Crippen LogP contribution in [0.2, 0.25) is 0 Å². The molecular formula is C19H24ClN3O. The fraction of sp³-hybridized carbons (Fsp3) is 0.368. The second-order valence-corrected chi connectivity index (χ2v) is 6.11. The first kappa shape index (κ1) is 18.4. The van der Waals surface area contributed by atoms with E-state index in [1.165, 1.54) is 11.1 Å². The number of amides is 1. The lowest BCUT2D eigenvalue weighted by atomic mass is 10.1. The lowest BCUT2D eigenvalue weighted by Crippen LogP contribution is -2.49. The van der Waals surface area contributed by atoms with E-state index in [0.717, 1.165) is 44.7 Å². The normalized spacial score (nSPS) is 15.0. The summed E-state index contributed by atoms with van der Waals surface area (Å²) in [6.07, 6.45) is 4.72. The molecule has 1 aromatic carbocycles. The largest absolute Gasteiger partial charge is 0.336 e. The van der Waals surface area contributed by atoms with Crippen molar-refractivity contribution in [2.75, 3.05) is 32.7 Å². The van der Waals surface area contributed by atoms with E-state index < -0.39 is 0 Å². The summed E-state index contributed by atoms with van der Waals surface area (Å²) in [6.45, 7) is 6.59. The van der Waals surface area contributed by atoms with Gasteiger partial charge in [0.25, 0.3) is 5.91 Å². The number of aryl methyl sites for hydroxylation is 1. The number of pyridine rings is 1. The minimum Gasteiger partial charge on any atom is -0.336 e. The monoisotopic (exact) mass is 345 g/mol. The summed E-state index contributed by atoms with van der Waals surface area (Å²) in [5.41, 5.74) is 3.29. The first-order chi connectivity index (χ1) is 11.2. The van der Waals surface area contributed by atoms with Crippen LogP contribution >= 0.6 is 12.4 Å². The van der Waals surface area contributed by atoms with Gasteiger partial charge in [0, 0.05) is 50.7 Å². The molecule has 1 aliphatic rings. The fourth-order valence-electron chi connectivity index (χ4n) is 2.89. The molecule has 3 rings (SSSR count). The zero-order valence-corrected chi connectivity index (χ0v) is 14.8. The predicted molar refractivity (Wildman–Crippen MR) is 98.7 cm³/mol. The van der Waals surface area contributed by atoms with E-state index in [1.54, 1.807) is 0 Å². The van der Waals surface area contributed by atoms with Gasteiger partial charge in [-0.1, -0.05) is 17.7 Å². The Bertz CT molecular complexity index is 637. The summed E-state index contributed by atoms with van der Waals surface area (Å²) in [5, 5.41) is 0. The van der Waals surface area contributed by atoms with Gasteiger partial charge < -0.3 is 4.90 Å². The summed E-state index contributed by atoms with van der Waals surface area (Å²) in [5.74, 6) is 0.152. The average Bonchev–Trinajstić information content (AvgIpc) is 2.61. The Hall–Kier alpha value is -1.91. The number of hydrogen-bond donors (Lipinski definition) is 0. The minimum absolute atomic E-state index is 0. The van der Waals surface area contributed by atoms with Gasteiger partial charge in [-0.15, -0.1) is 12.4 Å². The predicted octanol–water partition coefficient (Wildman–Crippen LogP) is 2.81. The number of nitrogens with zero attached hydrogens (tertiary/aromatic N) is 3. The second kappa shape index (κ2) is 8.81. The van der Waals surface area contributed by atoms with Crippen molar-refractivity contribution in [1.29, 1.82) is 0 Å². The Morgan fingerprint density at radius 1 is 1.00 bits per heavy atom.